The van der Waals surface area contributed by atoms with Gasteiger partial charge in [-0.05, 0) is 12.1 Å². The maximum absolute atomic E-state index is 10.5. The molecule has 0 atom stereocenters. The number of nitrogens with one attached hydrogen (secondary N) is 1. The van der Waals surface area contributed by atoms with Gasteiger partial charge >= 0.3 is 0 Å². The number of anilines is 1. The summed E-state index contributed by atoms with van der Waals surface area (Å²) in [5.41, 5.74) is 6.26. The van der Waals surface area contributed by atoms with Crippen molar-refractivity contribution in [2.24, 2.45) is 0 Å². The molecule has 0 unspecified atom stereocenters. The molecule has 1 rings (SSSR count). The quantitative estimate of drug-likeness (QED) is 0.550. The van der Waals surface area contributed by atoms with Crippen molar-refractivity contribution in [2.75, 3.05) is 18.9 Å². The van der Waals surface area contributed by atoms with Crippen molar-refractivity contribution in [1.29, 1.82) is 0 Å². The molecule has 76 valence electrons. The molecular formula is C10H14N2O2. The molecule has 0 fully saturated rings. The van der Waals surface area contributed by atoms with Crippen molar-refractivity contribution in [3.63, 3.8) is 0 Å². The Balaban J connectivity index is 2.31. The highest BCUT2D eigenvalue weighted by molar-refractivity contribution is 5.72. The molecule has 14 heavy (non-hydrogen) atoms. The summed E-state index contributed by atoms with van der Waals surface area (Å²) in [5.74, 6) is 0.590. The third-order valence-corrected chi connectivity index (χ3v) is 1.65. The lowest BCUT2D eigenvalue weighted by Gasteiger charge is -2.08. The Labute approximate surface area is 83.1 Å². The number of ether oxygens (including phenoxy) is 1. The fraction of sp³-hybridized carbons (Fsp3) is 0.300. The molecule has 1 aromatic rings. The fourth-order valence-corrected chi connectivity index (χ4v) is 1.00. The van der Waals surface area contributed by atoms with Gasteiger partial charge in [-0.1, -0.05) is 12.1 Å². The smallest absolute Gasteiger partial charge is 0.216 e. The standard InChI is InChI=1S/C10H14N2O2/c1-8(13)12-6-7-14-10-5-3-2-4-9(10)11/h2-5H,6-7,11H2,1H3,(H,12,13). The van der Waals surface area contributed by atoms with Gasteiger partial charge in [-0.15, -0.1) is 0 Å². The van der Waals surface area contributed by atoms with Crippen LogP contribution < -0.4 is 15.8 Å². The molecule has 4 heteroatoms. The zero-order chi connectivity index (χ0) is 10.4. The van der Waals surface area contributed by atoms with E-state index < -0.39 is 0 Å². The van der Waals surface area contributed by atoms with Gasteiger partial charge in [-0.2, -0.15) is 0 Å². The number of para-hydroxylation sites is 2. The van der Waals surface area contributed by atoms with E-state index in [0.29, 0.717) is 24.6 Å². The van der Waals surface area contributed by atoms with Crippen LogP contribution in [0.4, 0.5) is 5.69 Å². The molecular weight excluding hydrogens is 180 g/mol. The summed E-state index contributed by atoms with van der Waals surface area (Å²) >= 11 is 0. The lowest BCUT2D eigenvalue weighted by Crippen LogP contribution is -2.25. The molecule has 0 aromatic heterocycles. The lowest BCUT2D eigenvalue weighted by atomic mass is 10.3. The van der Waals surface area contributed by atoms with Gasteiger partial charge in [0.1, 0.15) is 12.4 Å². The number of nitrogens with two attached hydrogens (primary N) is 1. The normalized spacial score (nSPS) is 9.50. The minimum atomic E-state index is -0.0605. The van der Waals surface area contributed by atoms with E-state index in [0.717, 1.165) is 0 Å². The molecule has 0 saturated carbocycles. The minimum Gasteiger partial charge on any atom is -0.490 e. The van der Waals surface area contributed by atoms with Gasteiger partial charge in [0.05, 0.1) is 12.2 Å². The van der Waals surface area contributed by atoms with Crippen LogP contribution in [-0.2, 0) is 4.79 Å². The van der Waals surface area contributed by atoms with E-state index in [1.54, 1.807) is 12.1 Å². The fourth-order valence-electron chi connectivity index (χ4n) is 1.00. The molecule has 0 aliphatic rings. The second kappa shape index (κ2) is 5.11. The minimum absolute atomic E-state index is 0.0605. The number of rotatable bonds is 4. The van der Waals surface area contributed by atoms with Crippen molar-refractivity contribution < 1.29 is 9.53 Å². The first kappa shape index (κ1) is 10.4. The van der Waals surface area contributed by atoms with Crippen LogP contribution in [0, 0.1) is 0 Å². The highest BCUT2D eigenvalue weighted by Gasteiger charge is 1.97. The van der Waals surface area contributed by atoms with E-state index in [2.05, 4.69) is 5.32 Å². The Kier molecular flexibility index (Phi) is 3.79. The predicted molar refractivity (Wildman–Crippen MR) is 55.0 cm³/mol. The van der Waals surface area contributed by atoms with Crippen LogP contribution in [0.1, 0.15) is 6.92 Å². The lowest BCUT2D eigenvalue weighted by molar-refractivity contribution is -0.119. The summed E-state index contributed by atoms with van der Waals surface area (Å²) in [6.07, 6.45) is 0. The zero-order valence-corrected chi connectivity index (χ0v) is 8.12. The second-order valence-electron chi connectivity index (χ2n) is 2.87. The predicted octanol–water partition coefficient (Wildman–Crippen LogP) is 0.784. The monoisotopic (exact) mass is 194 g/mol. The molecule has 4 nitrogen and oxygen atoms in total. The van der Waals surface area contributed by atoms with E-state index in [9.17, 15) is 4.79 Å². The SMILES string of the molecule is CC(=O)NCCOc1ccccc1N. The number of hydrogen-bond acceptors (Lipinski definition) is 3. The molecule has 0 radical (unpaired) electrons. The highest BCUT2D eigenvalue weighted by Crippen LogP contribution is 2.19. The third-order valence-electron chi connectivity index (χ3n) is 1.65. The number of carbonyl (C=O) groups is 1. The number of nitrogen functional groups attached to an aromatic ring is 1. The van der Waals surface area contributed by atoms with Crippen LogP contribution >= 0.6 is 0 Å². The molecule has 0 heterocycles. The summed E-state index contributed by atoms with van der Waals surface area (Å²) in [6, 6.07) is 7.26. The molecule has 0 spiro atoms. The summed E-state index contributed by atoms with van der Waals surface area (Å²) in [5, 5.41) is 2.63. The first-order valence-corrected chi connectivity index (χ1v) is 4.42. The van der Waals surface area contributed by atoms with Crippen molar-refractivity contribution in [3.05, 3.63) is 24.3 Å². The number of hydrogen-bond donors (Lipinski definition) is 2. The van der Waals surface area contributed by atoms with Crippen LogP contribution in [0.25, 0.3) is 0 Å². The zero-order valence-electron chi connectivity index (χ0n) is 8.12. The van der Waals surface area contributed by atoms with Crippen LogP contribution in [0.2, 0.25) is 0 Å². The van der Waals surface area contributed by atoms with Gasteiger partial charge < -0.3 is 15.8 Å². The highest BCUT2D eigenvalue weighted by atomic mass is 16.5. The Morgan fingerprint density at radius 2 is 2.21 bits per heavy atom. The molecule has 1 amide bonds. The summed E-state index contributed by atoms with van der Waals surface area (Å²) in [6.45, 7) is 2.38. The molecule has 1 aromatic carbocycles. The van der Waals surface area contributed by atoms with Crippen LogP contribution in [0.3, 0.4) is 0 Å². The summed E-state index contributed by atoms with van der Waals surface area (Å²) in [4.78, 5) is 10.5. The van der Waals surface area contributed by atoms with Crippen LogP contribution in [0.5, 0.6) is 5.75 Å². The average Bonchev–Trinajstić information content (AvgIpc) is 2.15. The van der Waals surface area contributed by atoms with Gasteiger partial charge in [-0.3, -0.25) is 4.79 Å². The molecule has 0 bridgehead atoms. The third kappa shape index (κ3) is 3.35. The summed E-state index contributed by atoms with van der Waals surface area (Å²) < 4.78 is 5.35. The van der Waals surface area contributed by atoms with Crippen molar-refractivity contribution >= 4 is 11.6 Å². The van der Waals surface area contributed by atoms with Crippen molar-refractivity contribution in [3.8, 4) is 5.75 Å². The largest absolute Gasteiger partial charge is 0.490 e. The average molecular weight is 194 g/mol. The Bertz CT molecular complexity index is 313. The van der Waals surface area contributed by atoms with E-state index in [-0.39, 0.29) is 5.91 Å². The Morgan fingerprint density at radius 1 is 1.50 bits per heavy atom. The molecule has 0 aliphatic heterocycles. The van der Waals surface area contributed by atoms with E-state index >= 15 is 0 Å². The number of amides is 1. The first-order chi connectivity index (χ1) is 6.70. The maximum Gasteiger partial charge on any atom is 0.216 e. The maximum atomic E-state index is 10.5. The van der Waals surface area contributed by atoms with Gasteiger partial charge in [0.25, 0.3) is 0 Å². The van der Waals surface area contributed by atoms with Crippen molar-refractivity contribution in [1.82, 2.24) is 5.32 Å². The van der Waals surface area contributed by atoms with E-state index in [4.69, 9.17) is 10.5 Å². The molecule has 0 aliphatic carbocycles. The van der Waals surface area contributed by atoms with E-state index in [1.807, 2.05) is 12.1 Å². The Hall–Kier alpha value is -1.71. The number of carbonyl (C=O) groups excluding carboxylic acids is 1. The van der Waals surface area contributed by atoms with E-state index in [1.165, 1.54) is 6.92 Å². The summed E-state index contributed by atoms with van der Waals surface area (Å²) in [7, 11) is 0. The molecule has 0 saturated heterocycles. The second-order valence-corrected chi connectivity index (χ2v) is 2.87. The first-order valence-electron chi connectivity index (χ1n) is 4.42. The van der Waals surface area contributed by atoms with Crippen molar-refractivity contribution in [2.45, 2.75) is 6.92 Å². The van der Waals surface area contributed by atoms with Gasteiger partial charge in [0.15, 0.2) is 0 Å². The van der Waals surface area contributed by atoms with Crippen LogP contribution in [0.15, 0.2) is 24.3 Å². The number of benzene rings is 1. The van der Waals surface area contributed by atoms with Gasteiger partial charge in [-0.25, -0.2) is 0 Å². The Morgan fingerprint density at radius 3 is 2.86 bits per heavy atom. The topological polar surface area (TPSA) is 64.3 Å². The van der Waals surface area contributed by atoms with Gasteiger partial charge in [0.2, 0.25) is 5.91 Å². The van der Waals surface area contributed by atoms with Crippen LogP contribution in [-0.4, -0.2) is 19.1 Å². The van der Waals surface area contributed by atoms with Gasteiger partial charge in [0, 0.05) is 6.92 Å². The molecule has 3 N–H and O–H groups in total.